The van der Waals surface area contributed by atoms with Gasteiger partial charge in [-0.25, -0.2) is 4.79 Å². The first-order valence-electron chi connectivity index (χ1n) is 7.42. The van der Waals surface area contributed by atoms with Crippen molar-refractivity contribution in [3.63, 3.8) is 0 Å². The molecule has 2 rings (SSSR count). The number of benzene rings is 2. The van der Waals surface area contributed by atoms with Crippen LogP contribution < -0.4 is 14.2 Å². The highest BCUT2D eigenvalue weighted by molar-refractivity contribution is 6.01. The number of halogens is 2. The van der Waals surface area contributed by atoms with Crippen molar-refractivity contribution in [3.8, 4) is 17.2 Å². The van der Waals surface area contributed by atoms with Gasteiger partial charge < -0.3 is 18.9 Å². The second kappa shape index (κ2) is 8.80. The molecule has 0 aromatic heterocycles. The van der Waals surface area contributed by atoms with Gasteiger partial charge in [0.25, 0.3) is 0 Å². The van der Waals surface area contributed by atoms with Crippen LogP contribution in [0.4, 0.5) is 8.78 Å². The number of hydrogen-bond donors (Lipinski definition) is 0. The Hall–Kier alpha value is -3.16. The van der Waals surface area contributed by atoms with Crippen molar-refractivity contribution in [1.82, 2.24) is 0 Å². The Morgan fingerprint density at radius 3 is 2.42 bits per heavy atom. The van der Waals surface area contributed by atoms with E-state index in [1.54, 1.807) is 12.1 Å². The number of carbonyl (C=O) groups excluding carboxylic acids is 2. The Kier molecular flexibility index (Phi) is 6.48. The second-order valence-corrected chi connectivity index (χ2v) is 4.97. The highest BCUT2D eigenvalue weighted by Crippen LogP contribution is 2.24. The number of esters is 1. The fraction of sp³-hybridized carbons (Fsp3) is 0.222. The van der Waals surface area contributed by atoms with Gasteiger partial charge in [0.2, 0.25) is 5.78 Å². The molecule has 0 atom stereocenters. The molecule has 0 fully saturated rings. The maximum atomic E-state index is 12.3. The molecule has 0 aliphatic heterocycles. The Balaban J connectivity index is 2.06. The summed E-state index contributed by atoms with van der Waals surface area (Å²) in [5.41, 5.74) is 0.169. The molecule has 0 spiro atoms. The number of methoxy groups -OCH3 is 2. The van der Waals surface area contributed by atoms with Crippen molar-refractivity contribution in [3.05, 3.63) is 53.6 Å². The van der Waals surface area contributed by atoms with Gasteiger partial charge in [0.1, 0.15) is 17.2 Å². The van der Waals surface area contributed by atoms with Crippen LogP contribution >= 0.6 is 0 Å². The van der Waals surface area contributed by atoms with Crippen molar-refractivity contribution in [2.24, 2.45) is 0 Å². The largest absolute Gasteiger partial charge is 0.497 e. The van der Waals surface area contributed by atoms with Crippen LogP contribution in [0.2, 0.25) is 0 Å². The Labute approximate surface area is 148 Å². The van der Waals surface area contributed by atoms with Crippen molar-refractivity contribution in [2.75, 3.05) is 20.8 Å². The van der Waals surface area contributed by atoms with Crippen LogP contribution in [0, 0.1) is 0 Å². The number of rotatable bonds is 8. The molecule has 2 aromatic carbocycles. The molecule has 138 valence electrons. The fourth-order valence-electron chi connectivity index (χ4n) is 2.12. The summed E-state index contributed by atoms with van der Waals surface area (Å²) in [6.45, 7) is -3.56. The normalized spacial score (nSPS) is 10.3. The Morgan fingerprint density at radius 1 is 1.00 bits per heavy atom. The molecule has 0 heterocycles. The van der Waals surface area contributed by atoms with Gasteiger partial charge in [-0.05, 0) is 36.4 Å². The van der Waals surface area contributed by atoms with E-state index in [0.717, 1.165) is 6.07 Å². The number of ether oxygens (including phenoxy) is 4. The molecule has 0 amide bonds. The van der Waals surface area contributed by atoms with Crippen LogP contribution in [-0.4, -0.2) is 39.2 Å². The van der Waals surface area contributed by atoms with E-state index in [1.807, 2.05) is 0 Å². The minimum absolute atomic E-state index is 0.0199. The summed E-state index contributed by atoms with van der Waals surface area (Å²) in [7, 11) is 2.85. The maximum Gasteiger partial charge on any atom is 0.387 e. The van der Waals surface area contributed by atoms with Crippen molar-refractivity contribution in [1.29, 1.82) is 0 Å². The highest BCUT2D eigenvalue weighted by atomic mass is 19.3. The summed E-state index contributed by atoms with van der Waals surface area (Å²) in [6, 6.07) is 9.74. The zero-order chi connectivity index (χ0) is 19.1. The van der Waals surface area contributed by atoms with Crippen LogP contribution in [0.25, 0.3) is 0 Å². The van der Waals surface area contributed by atoms with E-state index < -0.39 is 25.0 Å². The standard InChI is InChI=1S/C18H16F2O6/c1-23-12-6-7-16(24-2)14(9-12)15(21)10-25-17(22)11-4-3-5-13(8-11)26-18(19)20/h3-9,18H,10H2,1-2H3. The number of carbonyl (C=O) groups is 2. The lowest BCUT2D eigenvalue weighted by molar-refractivity contribution is -0.0499. The van der Waals surface area contributed by atoms with Crippen molar-refractivity contribution < 1.29 is 37.3 Å². The molecule has 0 bridgehead atoms. The zero-order valence-corrected chi connectivity index (χ0v) is 14.0. The van der Waals surface area contributed by atoms with Crippen LogP contribution in [0.5, 0.6) is 17.2 Å². The predicted octanol–water partition coefficient (Wildman–Crippen LogP) is 3.34. The van der Waals surface area contributed by atoms with Gasteiger partial charge in [-0.2, -0.15) is 8.78 Å². The summed E-state index contributed by atoms with van der Waals surface area (Å²) < 4.78 is 43.8. The third-order valence-electron chi connectivity index (χ3n) is 3.34. The smallest absolute Gasteiger partial charge is 0.387 e. The zero-order valence-electron chi connectivity index (χ0n) is 14.0. The second-order valence-electron chi connectivity index (χ2n) is 4.97. The molecule has 0 N–H and O–H groups in total. The monoisotopic (exact) mass is 366 g/mol. The van der Waals surface area contributed by atoms with E-state index in [-0.39, 0.29) is 16.9 Å². The van der Waals surface area contributed by atoms with E-state index in [4.69, 9.17) is 14.2 Å². The van der Waals surface area contributed by atoms with E-state index in [9.17, 15) is 18.4 Å². The quantitative estimate of drug-likeness (QED) is 0.527. The van der Waals surface area contributed by atoms with Gasteiger partial charge >= 0.3 is 12.6 Å². The maximum absolute atomic E-state index is 12.3. The van der Waals surface area contributed by atoms with Crippen molar-refractivity contribution in [2.45, 2.75) is 6.61 Å². The first-order chi connectivity index (χ1) is 12.4. The average Bonchev–Trinajstić information content (AvgIpc) is 2.64. The molecule has 26 heavy (non-hydrogen) atoms. The molecule has 0 unspecified atom stereocenters. The number of alkyl halides is 2. The third-order valence-corrected chi connectivity index (χ3v) is 3.34. The first kappa shape index (κ1) is 19.2. The minimum Gasteiger partial charge on any atom is -0.497 e. The molecule has 8 heteroatoms. The predicted molar refractivity (Wildman–Crippen MR) is 87.2 cm³/mol. The lowest BCUT2D eigenvalue weighted by Crippen LogP contribution is -2.15. The number of hydrogen-bond acceptors (Lipinski definition) is 6. The number of ketones is 1. The molecule has 0 aliphatic rings. The summed E-state index contributed by atoms with van der Waals surface area (Å²) in [6.07, 6.45) is 0. The molecule has 6 nitrogen and oxygen atoms in total. The lowest BCUT2D eigenvalue weighted by Gasteiger charge is -2.10. The van der Waals surface area contributed by atoms with E-state index in [1.165, 1.54) is 38.5 Å². The summed E-state index contributed by atoms with van der Waals surface area (Å²) >= 11 is 0. The Morgan fingerprint density at radius 2 is 1.77 bits per heavy atom. The van der Waals surface area contributed by atoms with Gasteiger partial charge in [0, 0.05) is 0 Å². The molecule has 0 saturated carbocycles. The van der Waals surface area contributed by atoms with Gasteiger partial charge in [-0.15, -0.1) is 0 Å². The van der Waals surface area contributed by atoms with Crippen LogP contribution in [0.3, 0.4) is 0 Å². The molecule has 2 aromatic rings. The fourth-order valence-corrected chi connectivity index (χ4v) is 2.12. The summed E-state index contributed by atoms with van der Waals surface area (Å²) in [5.74, 6) is -0.791. The average molecular weight is 366 g/mol. The van der Waals surface area contributed by atoms with Gasteiger partial charge in [0.05, 0.1) is 25.3 Å². The summed E-state index contributed by atoms with van der Waals surface area (Å²) in [5, 5.41) is 0. The summed E-state index contributed by atoms with van der Waals surface area (Å²) in [4.78, 5) is 24.3. The van der Waals surface area contributed by atoms with E-state index in [2.05, 4.69) is 4.74 Å². The lowest BCUT2D eigenvalue weighted by atomic mass is 10.1. The molecule has 0 saturated heterocycles. The number of Topliss-reactive ketones (excluding diaryl/α,β-unsaturated/α-hetero) is 1. The molecular weight excluding hydrogens is 350 g/mol. The van der Waals surface area contributed by atoms with E-state index >= 15 is 0 Å². The molecular formula is C18H16F2O6. The van der Waals surface area contributed by atoms with Gasteiger partial charge in [-0.1, -0.05) is 6.07 Å². The minimum atomic E-state index is -3.01. The van der Waals surface area contributed by atoms with Crippen LogP contribution in [-0.2, 0) is 4.74 Å². The SMILES string of the molecule is COc1ccc(OC)c(C(=O)COC(=O)c2cccc(OC(F)F)c2)c1. The van der Waals surface area contributed by atoms with Gasteiger partial charge in [-0.3, -0.25) is 4.79 Å². The molecule has 0 aliphatic carbocycles. The Bertz CT molecular complexity index is 791. The van der Waals surface area contributed by atoms with Crippen LogP contribution in [0.1, 0.15) is 20.7 Å². The van der Waals surface area contributed by atoms with Gasteiger partial charge in [0.15, 0.2) is 6.61 Å². The molecule has 0 radical (unpaired) electrons. The van der Waals surface area contributed by atoms with E-state index in [0.29, 0.717) is 11.5 Å². The highest BCUT2D eigenvalue weighted by Gasteiger charge is 2.17. The third kappa shape index (κ3) is 4.92. The first-order valence-corrected chi connectivity index (χ1v) is 7.42. The topological polar surface area (TPSA) is 71.1 Å². The van der Waals surface area contributed by atoms with Crippen LogP contribution in [0.15, 0.2) is 42.5 Å². The van der Waals surface area contributed by atoms with Crippen molar-refractivity contribution >= 4 is 11.8 Å².